The van der Waals surface area contributed by atoms with Gasteiger partial charge in [-0.3, -0.25) is 4.90 Å². The fourth-order valence-corrected chi connectivity index (χ4v) is 4.52. The fraction of sp³-hybridized carbons (Fsp3) is 0.647. The van der Waals surface area contributed by atoms with Crippen molar-refractivity contribution in [3.8, 4) is 0 Å². The van der Waals surface area contributed by atoms with Crippen molar-refractivity contribution in [3.63, 3.8) is 0 Å². The van der Waals surface area contributed by atoms with Gasteiger partial charge in [-0.1, -0.05) is 17.7 Å². The van der Waals surface area contributed by atoms with Gasteiger partial charge >= 0.3 is 0 Å². The van der Waals surface area contributed by atoms with Crippen molar-refractivity contribution in [1.82, 2.24) is 4.90 Å². The second-order valence-electron chi connectivity index (χ2n) is 6.50. The number of nitrogens with zero attached hydrogens (tertiary/aromatic N) is 1. The number of hydrogen-bond acceptors (Lipinski definition) is 1. The molecule has 2 bridgehead atoms. The van der Waals surface area contributed by atoms with Crippen LogP contribution in [0.4, 0.5) is 0 Å². The van der Waals surface area contributed by atoms with Crippen LogP contribution in [0.15, 0.2) is 12.1 Å². The molecule has 1 nitrogen and oxygen atoms in total. The maximum atomic E-state index is 6.37. The smallest absolute Gasteiger partial charge is 0.0365 e. The summed E-state index contributed by atoms with van der Waals surface area (Å²) in [5, 5.41) is 0.411. The molecule has 2 unspecified atom stereocenters. The number of alkyl halides is 1. The van der Waals surface area contributed by atoms with Crippen molar-refractivity contribution in [2.24, 2.45) is 0 Å². The minimum atomic E-state index is 0.411. The van der Waals surface area contributed by atoms with Gasteiger partial charge in [0.1, 0.15) is 0 Å². The van der Waals surface area contributed by atoms with E-state index in [-0.39, 0.29) is 0 Å². The van der Waals surface area contributed by atoms with Gasteiger partial charge in [0.25, 0.3) is 0 Å². The molecular weight excluding hydrogens is 254 g/mol. The molecule has 0 N–H and O–H groups in total. The quantitative estimate of drug-likeness (QED) is 0.727. The first-order valence-corrected chi connectivity index (χ1v) is 7.95. The Bertz CT molecular complexity index is 445. The molecule has 1 aromatic rings. The van der Waals surface area contributed by atoms with E-state index in [9.17, 15) is 0 Å². The van der Waals surface area contributed by atoms with Crippen LogP contribution >= 0.6 is 11.6 Å². The summed E-state index contributed by atoms with van der Waals surface area (Å²) in [4.78, 5) is 2.73. The summed E-state index contributed by atoms with van der Waals surface area (Å²) in [5.41, 5.74) is 5.81. The largest absolute Gasteiger partial charge is 0.293 e. The maximum absolute atomic E-state index is 6.37. The molecule has 0 amide bonds. The molecule has 19 heavy (non-hydrogen) atoms. The van der Waals surface area contributed by atoms with Crippen LogP contribution in [-0.2, 0) is 6.54 Å². The van der Waals surface area contributed by atoms with E-state index in [2.05, 4.69) is 37.8 Å². The molecule has 3 rings (SSSR count). The zero-order valence-corrected chi connectivity index (χ0v) is 13.0. The maximum Gasteiger partial charge on any atom is 0.0365 e. The highest BCUT2D eigenvalue weighted by Gasteiger charge is 2.40. The number of halogens is 1. The lowest BCUT2D eigenvalue weighted by Crippen LogP contribution is -2.42. The SMILES string of the molecule is Cc1cc(C)c(CN2C3CCC2CC(Cl)C3)c(C)c1. The highest BCUT2D eigenvalue weighted by molar-refractivity contribution is 6.20. The van der Waals surface area contributed by atoms with Crippen molar-refractivity contribution in [3.05, 3.63) is 34.4 Å². The lowest BCUT2D eigenvalue weighted by Gasteiger charge is -2.37. The van der Waals surface area contributed by atoms with Crippen molar-refractivity contribution in [2.75, 3.05) is 0 Å². The van der Waals surface area contributed by atoms with Gasteiger partial charge in [-0.25, -0.2) is 0 Å². The molecule has 0 aliphatic carbocycles. The summed E-state index contributed by atoms with van der Waals surface area (Å²) >= 11 is 6.37. The molecule has 2 atom stereocenters. The molecule has 2 aliphatic heterocycles. The Balaban J connectivity index is 1.83. The zero-order valence-electron chi connectivity index (χ0n) is 12.2. The Morgan fingerprint density at radius 2 is 1.58 bits per heavy atom. The van der Waals surface area contributed by atoms with Crippen molar-refractivity contribution in [2.45, 2.75) is 70.5 Å². The molecular formula is C17H24ClN. The van der Waals surface area contributed by atoms with E-state index in [1.807, 2.05) is 0 Å². The van der Waals surface area contributed by atoms with Crippen LogP contribution in [0, 0.1) is 20.8 Å². The average Bonchev–Trinajstić information content (AvgIpc) is 2.55. The van der Waals surface area contributed by atoms with Crippen LogP contribution in [0.1, 0.15) is 47.9 Å². The van der Waals surface area contributed by atoms with Crippen molar-refractivity contribution in [1.29, 1.82) is 0 Å². The minimum absolute atomic E-state index is 0.411. The predicted octanol–water partition coefficient (Wildman–Crippen LogP) is 4.35. The van der Waals surface area contributed by atoms with Gasteiger partial charge in [0, 0.05) is 24.0 Å². The van der Waals surface area contributed by atoms with Gasteiger partial charge in [-0.15, -0.1) is 11.6 Å². The van der Waals surface area contributed by atoms with Crippen molar-refractivity contribution >= 4 is 11.6 Å². The van der Waals surface area contributed by atoms with Crippen LogP contribution < -0.4 is 0 Å². The Hall–Kier alpha value is -0.530. The molecule has 104 valence electrons. The zero-order chi connectivity index (χ0) is 13.6. The molecule has 0 aromatic heterocycles. The molecule has 2 heterocycles. The lowest BCUT2D eigenvalue weighted by atomic mass is 9.96. The van der Waals surface area contributed by atoms with E-state index in [0.29, 0.717) is 5.38 Å². The van der Waals surface area contributed by atoms with Crippen LogP contribution in [0.5, 0.6) is 0 Å². The third kappa shape index (κ3) is 2.55. The summed E-state index contributed by atoms with van der Waals surface area (Å²) in [6.07, 6.45) is 5.06. The summed E-state index contributed by atoms with van der Waals surface area (Å²) in [6, 6.07) is 6.08. The van der Waals surface area contributed by atoms with E-state index >= 15 is 0 Å². The molecule has 2 fully saturated rings. The predicted molar refractivity (Wildman–Crippen MR) is 81.9 cm³/mol. The van der Waals surface area contributed by atoms with Crippen LogP contribution in [0.25, 0.3) is 0 Å². The van der Waals surface area contributed by atoms with E-state index in [4.69, 9.17) is 11.6 Å². The Kier molecular flexibility index (Phi) is 3.61. The highest BCUT2D eigenvalue weighted by Crippen LogP contribution is 2.39. The van der Waals surface area contributed by atoms with Gasteiger partial charge in [-0.05, 0) is 63.1 Å². The molecule has 0 spiro atoms. The van der Waals surface area contributed by atoms with Crippen LogP contribution in [-0.4, -0.2) is 22.4 Å². The minimum Gasteiger partial charge on any atom is -0.293 e. The third-order valence-corrected chi connectivity index (χ3v) is 5.36. The lowest BCUT2D eigenvalue weighted by molar-refractivity contribution is 0.134. The molecule has 2 saturated heterocycles. The van der Waals surface area contributed by atoms with Gasteiger partial charge < -0.3 is 0 Å². The second kappa shape index (κ2) is 5.10. The molecule has 0 radical (unpaired) electrons. The standard InChI is InChI=1S/C17H24ClN/c1-11-6-12(2)17(13(3)7-11)10-19-15-4-5-16(19)9-14(18)8-15/h6-7,14-16H,4-5,8-10H2,1-3H3. The Labute approximate surface area is 121 Å². The highest BCUT2D eigenvalue weighted by atomic mass is 35.5. The second-order valence-corrected chi connectivity index (χ2v) is 7.12. The van der Waals surface area contributed by atoms with E-state index < -0.39 is 0 Å². The van der Waals surface area contributed by atoms with Gasteiger partial charge in [0.05, 0.1) is 0 Å². The van der Waals surface area contributed by atoms with Gasteiger partial charge in [0.15, 0.2) is 0 Å². The topological polar surface area (TPSA) is 3.24 Å². The third-order valence-electron chi connectivity index (χ3n) is 5.01. The van der Waals surface area contributed by atoms with Crippen LogP contribution in [0.3, 0.4) is 0 Å². The number of piperidine rings is 1. The Morgan fingerprint density at radius 3 is 2.11 bits per heavy atom. The first kappa shape index (κ1) is 13.5. The molecule has 0 saturated carbocycles. The molecule has 2 aliphatic rings. The Morgan fingerprint density at radius 1 is 1.05 bits per heavy atom. The van der Waals surface area contributed by atoms with Gasteiger partial charge in [0.2, 0.25) is 0 Å². The van der Waals surface area contributed by atoms with E-state index in [1.165, 1.54) is 47.9 Å². The van der Waals surface area contributed by atoms with Crippen molar-refractivity contribution < 1.29 is 0 Å². The number of hydrogen-bond donors (Lipinski definition) is 0. The fourth-order valence-electron chi connectivity index (χ4n) is 4.11. The first-order chi connectivity index (χ1) is 9.04. The number of aryl methyl sites for hydroxylation is 3. The number of rotatable bonds is 2. The van der Waals surface area contributed by atoms with E-state index in [1.54, 1.807) is 0 Å². The number of fused-ring (bicyclic) bond motifs is 2. The summed E-state index contributed by atoms with van der Waals surface area (Å²) in [6.45, 7) is 7.82. The van der Waals surface area contributed by atoms with E-state index in [0.717, 1.165) is 18.6 Å². The summed E-state index contributed by atoms with van der Waals surface area (Å²) in [5.74, 6) is 0. The summed E-state index contributed by atoms with van der Waals surface area (Å²) in [7, 11) is 0. The molecule has 2 heteroatoms. The number of benzene rings is 1. The monoisotopic (exact) mass is 277 g/mol. The molecule has 1 aromatic carbocycles. The van der Waals surface area contributed by atoms with Gasteiger partial charge in [-0.2, -0.15) is 0 Å². The average molecular weight is 278 g/mol. The first-order valence-electron chi connectivity index (χ1n) is 7.51. The van der Waals surface area contributed by atoms with Crippen LogP contribution in [0.2, 0.25) is 0 Å². The normalized spacial score (nSPS) is 30.8. The summed E-state index contributed by atoms with van der Waals surface area (Å²) < 4.78 is 0.